The van der Waals surface area contributed by atoms with Crippen molar-refractivity contribution in [1.82, 2.24) is 14.9 Å². The van der Waals surface area contributed by atoms with Crippen LogP contribution in [-0.4, -0.2) is 97.1 Å². The molecule has 2 aromatic rings. The van der Waals surface area contributed by atoms with E-state index in [9.17, 15) is 22.8 Å². The number of anilines is 3. The number of alkyl halides is 3. The van der Waals surface area contributed by atoms with Crippen molar-refractivity contribution in [1.29, 1.82) is 0 Å². The second-order valence-electron chi connectivity index (χ2n) is 11.2. The molecule has 1 aromatic carbocycles. The van der Waals surface area contributed by atoms with Gasteiger partial charge in [-0.2, -0.15) is 13.2 Å². The van der Waals surface area contributed by atoms with Gasteiger partial charge in [-0.1, -0.05) is 0 Å². The zero-order valence-corrected chi connectivity index (χ0v) is 24.2. The number of hydrogen-bond donors (Lipinski definition) is 1. The van der Waals surface area contributed by atoms with Crippen LogP contribution >= 0.6 is 0 Å². The first-order chi connectivity index (χ1) is 20.3. The monoisotopic (exact) mass is 603 g/mol. The van der Waals surface area contributed by atoms with Gasteiger partial charge in [0.15, 0.2) is 0 Å². The van der Waals surface area contributed by atoms with Crippen molar-refractivity contribution in [3.05, 3.63) is 42.0 Å². The van der Waals surface area contributed by atoms with Gasteiger partial charge < -0.3 is 24.8 Å². The number of rotatable bonds is 5. The maximum atomic E-state index is 15.7. The summed E-state index contributed by atoms with van der Waals surface area (Å²) < 4.78 is 62.6. The molecule has 1 aromatic heterocycles. The Bertz CT molecular complexity index is 1440. The highest BCUT2D eigenvalue weighted by atomic mass is 19.4. The third kappa shape index (κ3) is 6.69. The number of aliphatic imine (C=N–C) groups is 1. The lowest BCUT2D eigenvalue weighted by Crippen LogP contribution is -2.50. The Morgan fingerprint density at radius 1 is 1.02 bits per heavy atom. The molecule has 2 amide bonds. The number of nitrogens with one attached hydrogen (secondary N) is 1. The number of likely N-dealkylation sites (N-methyl/N-ethyl adjacent to an activating group) is 1. The normalized spacial score (nSPS) is 25.1. The van der Waals surface area contributed by atoms with Crippen LogP contribution in [0.2, 0.25) is 0 Å². The molecule has 4 atom stereocenters. The highest BCUT2D eigenvalue weighted by Gasteiger charge is 2.43. The van der Waals surface area contributed by atoms with Gasteiger partial charge in [-0.25, -0.2) is 19.4 Å². The fraction of sp³-hybridized carbons (Fsp3) is 0.483. The minimum Gasteiger partial charge on any atom is -0.372 e. The lowest BCUT2D eigenvalue weighted by Gasteiger charge is -2.40. The summed E-state index contributed by atoms with van der Waals surface area (Å²) in [5.74, 6) is -4.16. The minimum absolute atomic E-state index is 0.0134. The van der Waals surface area contributed by atoms with Gasteiger partial charge in [0.05, 0.1) is 29.2 Å². The predicted molar refractivity (Wildman–Crippen MR) is 154 cm³/mol. The SMILES string of the molecule is C[C@@H]1CN(c2ncc(-c3cc(NC(=O)C4C=NC(=O)C=C4C(F)(F)F)c(N4CCN(C)[C@@H](C)C4)cc3F)cn2)C[C@H](C)O1. The number of ether oxygens (including phenoxy) is 1. The summed E-state index contributed by atoms with van der Waals surface area (Å²) in [5, 5.41) is 2.56. The second kappa shape index (κ2) is 12.0. The van der Waals surface area contributed by atoms with E-state index >= 15 is 4.39 Å². The van der Waals surface area contributed by atoms with Crippen LogP contribution in [0, 0.1) is 11.7 Å². The molecule has 3 aliphatic heterocycles. The number of aromatic nitrogens is 2. The molecule has 2 saturated heterocycles. The number of morpholine rings is 1. The van der Waals surface area contributed by atoms with Crippen LogP contribution in [0.15, 0.2) is 41.2 Å². The summed E-state index contributed by atoms with van der Waals surface area (Å²) in [6.45, 7) is 8.76. The van der Waals surface area contributed by atoms with Gasteiger partial charge in [-0.05, 0) is 40.0 Å². The van der Waals surface area contributed by atoms with Crippen molar-refractivity contribution in [3.63, 3.8) is 0 Å². The van der Waals surface area contributed by atoms with Crippen molar-refractivity contribution in [3.8, 4) is 11.1 Å². The number of halogens is 4. The number of piperazine rings is 1. The molecule has 1 N–H and O–H groups in total. The Morgan fingerprint density at radius 2 is 1.70 bits per heavy atom. The van der Waals surface area contributed by atoms with E-state index in [1.165, 1.54) is 24.5 Å². The summed E-state index contributed by atoms with van der Waals surface area (Å²) in [7, 11) is 1.96. The van der Waals surface area contributed by atoms with Crippen LogP contribution in [0.4, 0.5) is 34.9 Å². The number of nitrogens with zero attached hydrogens (tertiary/aromatic N) is 6. The molecule has 0 saturated carbocycles. The van der Waals surface area contributed by atoms with Gasteiger partial charge in [0.1, 0.15) is 11.7 Å². The van der Waals surface area contributed by atoms with E-state index in [2.05, 4.69) is 25.2 Å². The van der Waals surface area contributed by atoms with Crippen LogP contribution in [-0.2, 0) is 14.3 Å². The molecule has 1 unspecified atom stereocenters. The van der Waals surface area contributed by atoms with Gasteiger partial charge >= 0.3 is 6.18 Å². The van der Waals surface area contributed by atoms with E-state index < -0.39 is 35.3 Å². The molecule has 0 aliphatic carbocycles. The summed E-state index contributed by atoms with van der Waals surface area (Å²) in [6.07, 6.45) is -1.01. The Hall–Kier alpha value is -3.91. The largest absolute Gasteiger partial charge is 0.414 e. The first-order valence-electron chi connectivity index (χ1n) is 14.0. The predicted octanol–water partition coefficient (Wildman–Crippen LogP) is 3.69. The number of hydrogen-bond acceptors (Lipinski definition) is 8. The van der Waals surface area contributed by atoms with E-state index in [1.807, 2.05) is 37.6 Å². The van der Waals surface area contributed by atoms with E-state index in [4.69, 9.17) is 4.74 Å². The number of benzene rings is 1. The second-order valence-corrected chi connectivity index (χ2v) is 11.2. The molecular formula is C29H33F4N7O3. The van der Waals surface area contributed by atoms with Crippen molar-refractivity contribution in [2.24, 2.45) is 10.9 Å². The zero-order valence-electron chi connectivity index (χ0n) is 24.2. The summed E-state index contributed by atoms with van der Waals surface area (Å²) in [6, 6.07) is 2.74. The van der Waals surface area contributed by atoms with Crippen LogP contribution in [0.3, 0.4) is 0 Å². The summed E-state index contributed by atoms with van der Waals surface area (Å²) >= 11 is 0. The average Bonchev–Trinajstić information content (AvgIpc) is 2.94. The van der Waals surface area contributed by atoms with Crippen molar-refractivity contribution in [2.75, 3.05) is 54.9 Å². The van der Waals surface area contributed by atoms with Crippen molar-refractivity contribution >= 4 is 35.4 Å². The quantitative estimate of drug-likeness (QED) is 0.517. The molecule has 230 valence electrons. The van der Waals surface area contributed by atoms with E-state index in [1.54, 1.807) is 0 Å². The minimum atomic E-state index is -4.93. The smallest absolute Gasteiger partial charge is 0.372 e. The fourth-order valence-electron chi connectivity index (χ4n) is 5.54. The summed E-state index contributed by atoms with van der Waals surface area (Å²) in [5.41, 5.74) is -0.492. The molecule has 4 heterocycles. The molecule has 14 heteroatoms. The van der Waals surface area contributed by atoms with E-state index in [0.717, 1.165) is 0 Å². The van der Waals surface area contributed by atoms with Gasteiger partial charge in [0.25, 0.3) is 5.91 Å². The highest BCUT2D eigenvalue weighted by Crippen LogP contribution is 2.37. The Balaban J connectivity index is 1.49. The Labute approximate surface area is 246 Å². The maximum absolute atomic E-state index is 15.7. The molecule has 43 heavy (non-hydrogen) atoms. The number of carbonyl (C=O) groups excluding carboxylic acids is 2. The number of carbonyl (C=O) groups is 2. The first-order valence-corrected chi connectivity index (χ1v) is 14.0. The molecular weight excluding hydrogens is 570 g/mol. The molecule has 0 radical (unpaired) electrons. The third-order valence-electron chi connectivity index (χ3n) is 7.87. The Morgan fingerprint density at radius 3 is 2.33 bits per heavy atom. The number of amides is 2. The lowest BCUT2D eigenvalue weighted by molar-refractivity contribution is -0.124. The molecule has 2 fully saturated rings. The molecule has 10 nitrogen and oxygen atoms in total. The molecule has 3 aliphatic rings. The first kappa shape index (κ1) is 30.5. The van der Waals surface area contributed by atoms with Gasteiger partial charge in [0.2, 0.25) is 11.9 Å². The maximum Gasteiger partial charge on any atom is 0.414 e. The zero-order chi connectivity index (χ0) is 31.1. The van der Waals surface area contributed by atoms with E-state index in [-0.39, 0.29) is 29.5 Å². The molecule has 0 bridgehead atoms. The Kier molecular flexibility index (Phi) is 8.52. The topological polar surface area (TPSA) is 103 Å². The molecule has 0 spiro atoms. The lowest BCUT2D eigenvalue weighted by atomic mass is 9.95. The van der Waals surface area contributed by atoms with Crippen LogP contribution in [0.25, 0.3) is 11.1 Å². The standard InChI is InChI=1S/C29H33F4N7O3/c1-16-13-39(6-5-38(16)4)25-9-23(30)20(19-10-35-28(36-11-19)40-14-17(2)43-18(3)15-40)7-24(25)37-27(42)21-12-34-26(41)8-22(21)29(31,32)33/h7-12,16-18,21H,5-6,13-15H2,1-4H3,(H,37,42)/t16-,17-,18+,21?/m0/s1. The molecule has 5 rings (SSSR count). The van der Waals surface area contributed by atoms with Crippen molar-refractivity contribution in [2.45, 2.75) is 45.2 Å². The average molecular weight is 604 g/mol. The fourth-order valence-corrected chi connectivity index (χ4v) is 5.54. The van der Waals surface area contributed by atoms with Gasteiger partial charge in [-0.3, -0.25) is 9.59 Å². The van der Waals surface area contributed by atoms with Crippen molar-refractivity contribution < 1.29 is 31.9 Å². The highest BCUT2D eigenvalue weighted by molar-refractivity contribution is 6.11. The number of dihydropyridines is 1. The van der Waals surface area contributed by atoms with Crippen LogP contribution in [0.1, 0.15) is 20.8 Å². The van der Waals surface area contributed by atoms with Crippen LogP contribution in [0.5, 0.6) is 0 Å². The van der Waals surface area contributed by atoms with Gasteiger partial charge in [-0.15, -0.1) is 0 Å². The van der Waals surface area contributed by atoms with Gasteiger partial charge in [0, 0.05) is 74.6 Å². The third-order valence-corrected chi connectivity index (χ3v) is 7.87. The van der Waals surface area contributed by atoms with Crippen LogP contribution < -0.4 is 15.1 Å². The summed E-state index contributed by atoms with van der Waals surface area (Å²) in [4.78, 5) is 43.1. The van der Waals surface area contributed by atoms with E-state index in [0.29, 0.717) is 62.2 Å².